The first-order valence-corrected chi connectivity index (χ1v) is 8.60. The minimum absolute atomic E-state index is 0.183. The Kier molecular flexibility index (Phi) is 6.71. The van der Waals surface area contributed by atoms with E-state index in [1.165, 1.54) is 6.42 Å². The number of carbonyl (C=O) groups is 1. The van der Waals surface area contributed by atoms with Crippen LogP contribution in [0.5, 0.6) is 0 Å². The van der Waals surface area contributed by atoms with Gasteiger partial charge in [-0.15, -0.1) is 0 Å². The number of halogens is 1. The van der Waals surface area contributed by atoms with E-state index >= 15 is 0 Å². The number of carbonyl (C=O) groups excluding carboxylic acids is 1. The van der Waals surface area contributed by atoms with Crippen molar-refractivity contribution < 1.29 is 9.53 Å². The molecule has 0 spiro atoms. The van der Waals surface area contributed by atoms with E-state index < -0.39 is 0 Å². The second kappa shape index (κ2) is 8.54. The van der Waals surface area contributed by atoms with Crippen molar-refractivity contribution in [3.8, 4) is 0 Å². The molecule has 1 saturated heterocycles. The number of rotatable bonds is 6. The Hall–Kier alpha value is -1.06. The molecular weight excluding hydrogens is 298 g/mol. The Bertz CT molecular complexity index is 490. The van der Waals surface area contributed by atoms with Gasteiger partial charge in [0, 0.05) is 24.2 Å². The summed E-state index contributed by atoms with van der Waals surface area (Å²) in [5.74, 6) is 0.183. The quantitative estimate of drug-likeness (QED) is 0.789. The predicted octanol–water partition coefficient (Wildman–Crippen LogP) is 4.08. The van der Waals surface area contributed by atoms with E-state index in [0.29, 0.717) is 17.5 Å². The molecule has 0 N–H and O–H groups in total. The lowest BCUT2D eigenvalue weighted by atomic mass is 9.98. The summed E-state index contributed by atoms with van der Waals surface area (Å²) in [6.45, 7) is 5.66. The van der Waals surface area contributed by atoms with Gasteiger partial charge in [-0.05, 0) is 51.2 Å². The van der Waals surface area contributed by atoms with Crippen LogP contribution in [0.25, 0.3) is 0 Å². The fraction of sp³-hybridized carbons (Fsp3) is 0.611. The molecule has 1 aromatic carbocycles. The monoisotopic (exact) mass is 323 g/mol. The van der Waals surface area contributed by atoms with Gasteiger partial charge in [0.25, 0.3) is 0 Å². The molecule has 3 nitrogen and oxygen atoms in total. The van der Waals surface area contributed by atoms with Crippen molar-refractivity contribution in [2.45, 2.75) is 58.1 Å². The smallest absolute Gasteiger partial charge is 0.227 e. The molecule has 1 atom stereocenters. The molecule has 1 fully saturated rings. The lowest BCUT2D eigenvalue weighted by Crippen LogP contribution is -2.45. The molecule has 1 aliphatic heterocycles. The van der Waals surface area contributed by atoms with E-state index in [1.54, 1.807) is 0 Å². The molecule has 2 rings (SSSR count). The average Bonchev–Trinajstić information content (AvgIpc) is 2.49. The number of piperidine rings is 1. The van der Waals surface area contributed by atoms with Crippen molar-refractivity contribution in [1.82, 2.24) is 4.90 Å². The first-order chi connectivity index (χ1) is 10.6. The van der Waals surface area contributed by atoms with Gasteiger partial charge in [0.05, 0.1) is 12.5 Å². The Morgan fingerprint density at radius 2 is 2.14 bits per heavy atom. The number of hydrogen-bond acceptors (Lipinski definition) is 2. The number of amides is 1. The number of likely N-dealkylation sites (tertiary alicyclic amines) is 1. The van der Waals surface area contributed by atoms with Crippen molar-refractivity contribution in [1.29, 1.82) is 0 Å². The van der Waals surface area contributed by atoms with Crippen LogP contribution < -0.4 is 0 Å². The third kappa shape index (κ3) is 4.99. The minimum Gasteiger partial charge on any atom is -0.379 e. The third-order valence-corrected chi connectivity index (χ3v) is 4.52. The molecule has 0 radical (unpaired) electrons. The zero-order valence-electron chi connectivity index (χ0n) is 13.6. The van der Waals surface area contributed by atoms with Crippen molar-refractivity contribution in [3.05, 3.63) is 34.9 Å². The summed E-state index contributed by atoms with van der Waals surface area (Å²) in [5.41, 5.74) is 0.914. The highest BCUT2D eigenvalue weighted by molar-refractivity contribution is 6.31. The summed E-state index contributed by atoms with van der Waals surface area (Å²) >= 11 is 6.17. The molecule has 4 heteroatoms. The largest absolute Gasteiger partial charge is 0.379 e. The van der Waals surface area contributed by atoms with Crippen LogP contribution in [0, 0.1) is 0 Å². The average molecular weight is 324 g/mol. The van der Waals surface area contributed by atoms with Gasteiger partial charge in [0.15, 0.2) is 0 Å². The molecule has 122 valence electrons. The van der Waals surface area contributed by atoms with Gasteiger partial charge in [-0.25, -0.2) is 0 Å². The standard InChI is InChI=1S/C18H26ClNO2/c1-14(2)22-12-10-16-8-5-6-11-20(16)18(21)13-15-7-3-4-9-17(15)19/h3-4,7,9,14,16H,5-6,8,10-13H2,1-2H3/t16-/m0/s1. The van der Waals surface area contributed by atoms with Gasteiger partial charge in [-0.1, -0.05) is 29.8 Å². The summed E-state index contributed by atoms with van der Waals surface area (Å²) in [6.07, 6.45) is 4.93. The van der Waals surface area contributed by atoms with Gasteiger partial charge in [-0.2, -0.15) is 0 Å². The molecule has 0 aliphatic carbocycles. The number of nitrogens with zero attached hydrogens (tertiary/aromatic N) is 1. The Balaban J connectivity index is 1.94. The predicted molar refractivity (Wildman–Crippen MR) is 90.2 cm³/mol. The van der Waals surface area contributed by atoms with Crippen LogP contribution >= 0.6 is 11.6 Å². The normalized spacial score (nSPS) is 18.7. The van der Waals surface area contributed by atoms with E-state index in [9.17, 15) is 4.79 Å². The highest BCUT2D eigenvalue weighted by atomic mass is 35.5. The first kappa shape index (κ1) is 17.3. The number of benzene rings is 1. The van der Waals surface area contributed by atoms with E-state index in [1.807, 2.05) is 43.0 Å². The summed E-state index contributed by atoms with van der Waals surface area (Å²) in [6, 6.07) is 7.90. The Labute approximate surface area is 138 Å². The van der Waals surface area contributed by atoms with E-state index in [2.05, 4.69) is 0 Å². The van der Waals surface area contributed by atoms with Gasteiger partial charge < -0.3 is 9.64 Å². The minimum atomic E-state index is 0.183. The lowest BCUT2D eigenvalue weighted by Gasteiger charge is -2.36. The molecule has 0 aromatic heterocycles. The van der Waals surface area contributed by atoms with Crippen LogP contribution in [0.2, 0.25) is 5.02 Å². The summed E-state index contributed by atoms with van der Waals surface area (Å²) < 4.78 is 5.65. The van der Waals surface area contributed by atoms with E-state index in [-0.39, 0.29) is 12.0 Å². The van der Waals surface area contributed by atoms with Crippen molar-refractivity contribution in [2.24, 2.45) is 0 Å². The molecule has 1 aromatic rings. The van der Waals surface area contributed by atoms with E-state index in [0.717, 1.165) is 38.0 Å². The molecule has 0 bridgehead atoms. The molecule has 1 amide bonds. The molecular formula is C18H26ClNO2. The number of ether oxygens (including phenoxy) is 1. The van der Waals surface area contributed by atoms with Crippen LogP contribution in [0.3, 0.4) is 0 Å². The zero-order valence-corrected chi connectivity index (χ0v) is 14.3. The fourth-order valence-electron chi connectivity index (χ4n) is 2.98. The molecule has 0 saturated carbocycles. The van der Waals surface area contributed by atoms with Crippen molar-refractivity contribution in [3.63, 3.8) is 0 Å². The highest BCUT2D eigenvalue weighted by Gasteiger charge is 2.26. The summed E-state index contributed by atoms with van der Waals surface area (Å²) in [4.78, 5) is 14.7. The maximum absolute atomic E-state index is 12.7. The third-order valence-electron chi connectivity index (χ3n) is 4.15. The summed E-state index contributed by atoms with van der Waals surface area (Å²) in [5, 5.41) is 0.674. The SMILES string of the molecule is CC(C)OCC[C@@H]1CCCCN1C(=O)Cc1ccccc1Cl. The lowest BCUT2D eigenvalue weighted by molar-refractivity contribution is -0.134. The topological polar surface area (TPSA) is 29.5 Å². The molecule has 0 unspecified atom stereocenters. The molecule has 1 aliphatic rings. The Morgan fingerprint density at radius 3 is 2.86 bits per heavy atom. The Morgan fingerprint density at radius 1 is 1.36 bits per heavy atom. The van der Waals surface area contributed by atoms with E-state index in [4.69, 9.17) is 16.3 Å². The first-order valence-electron chi connectivity index (χ1n) is 8.22. The van der Waals surface area contributed by atoms with Crippen LogP contribution in [0.4, 0.5) is 0 Å². The highest BCUT2D eigenvalue weighted by Crippen LogP contribution is 2.23. The molecule has 22 heavy (non-hydrogen) atoms. The second-order valence-corrected chi connectivity index (χ2v) is 6.62. The van der Waals surface area contributed by atoms with Crippen molar-refractivity contribution in [2.75, 3.05) is 13.2 Å². The maximum Gasteiger partial charge on any atom is 0.227 e. The van der Waals surface area contributed by atoms with Gasteiger partial charge in [0.2, 0.25) is 5.91 Å². The van der Waals surface area contributed by atoms with Crippen LogP contribution in [0.15, 0.2) is 24.3 Å². The second-order valence-electron chi connectivity index (χ2n) is 6.21. The van der Waals surface area contributed by atoms with Gasteiger partial charge >= 0.3 is 0 Å². The van der Waals surface area contributed by atoms with Gasteiger partial charge in [-0.3, -0.25) is 4.79 Å². The zero-order chi connectivity index (χ0) is 15.9. The van der Waals surface area contributed by atoms with Gasteiger partial charge in [0.1, 0.15) is 0 Å². The van der Waals surface area contributed by atoms with Crippen molar-refractivity contribution >= 4 is 17.5 Å². The molecule has 1 heterocycles. The van der Waals surface area contributed by atoms with Crippen LogP contribution in [-0.4, -0.2) is 36.1 Å². The number of hydrogen-bond donors (Lipinski definition) is 0. The maximum atomic E-state index is 12.7. The van der Waals surface area contributed by atoms with Crippen LogP contribution in [0.1, 0.15) is 45.1 Å². The fourth-order valence-corrected chi connectivity index (χ4v) is 3.18. The van der Waals surface area contributed by atoms with Crippen LogP contribution in [-0.2, 0) is 16.0 Å². The summed E-state index contributed by atoms with van der Waals surface area (Å²) in [7, 11) is 0.